The van der Waals surface area contributed by atoms with Crippen molar-refractivity contribution in [2.45, 2.75) is 12.4 Å². The molecule has 0 spiro atoms. The third-order valence-corrected chi connectivity index (χ3v) is 3.95. The minimum Gasteiger partial charge on any atom is -0.243 e. The molecule has 0 amide bonds. The molecular weight excluding hydrogens is 390 g/mol. The standard InChI is InChI=1S/C13H4Cl3F6N/c14-7-3-5(4-8(15)10(7)16)11-6(12(17,18)19)1-2-9(23-11)13(20,21)22/h1-4H. The molecule has 23 heavy (non-hydrogen) atoms. The maximum absolute atomic E-state index is 13.0. The molecule has 0 aliphatic heterocycles. The second kappa shape index (κ2) is 6.03. The third-order valence-electron chi connectivity index (χ3n) is 2.75. The van der Waals surface area contributed by atoms with Crippen molar-refractivity contribution >= 4 is 34.8 Å². The molecule has 0 aliphatic rings. The first-order chi connectivity index (χ1) is 10.4. The first-order valence-corrected chi connectivity index (χ1v) is 6.85. The molecule has 2 rings (SSSR count). The number of hydrogen-bond donors (Lipinski definition) is 0. The maximum atomic E-state index is 13.0. The van der Waals surface area contributed by atoms with Gasteiger partial charge in [0.15, 0.2) is 0 Å². The van der Waals surface area contributed by atoms with E-state index >= 15 is 0 Å². The lowest BCUT2D eigenvalue weighted by atomic mass is 10.0. The molecule has 0 unspecified atom stereocenters. The highest BCUT2D eigenvalue weighted by Gasteiger charge is 2.38. The van der Waals surface area contributed by atoms with Crippen LogP contribution in [0, 0.1) is 0 Å². The van der Waals surface area contributed by atoms with E-state index in [2.05, 4.69) is 4.98 Å². The molecule has 1 nitrogen and oxygen atoms in total. The van der Waals surface area contributed by atoms with Crippen molar-refractivity contribution in [1.29, 1.82) is 0 Å². The van der Waals surface area contributed by atoms with E-state index in [1.807, 2.05) is 0 Å². The maximum Gasteiger partial charge on any atom is 0.433 e. The first-order valence-electron chi connectivity index (χ1n) is 5.71. The molecule has 0 aliphatic carbocycles. The van der Waals surface area contributed by atoms with E-state index in [0.29, 0.717) is 6.07 Å². The largest absolute Gasteiger partial charge is 0.433 e. The van der Waals surface area contributed by atoms with Crippen LogP contribution in [0.3, 0.4) is 0 Å². The van der Waals surface area contributed by atoms with Gasteiger partial charge in [-0.15, -0.1) is 0 Å². The Kier molecular flexibility index (Phi) is 4.76. The van der Waals surface area contributed by atoms with Gasteiger partial charge >= 0.3 is 12.4 Å². The van der Waals surface area contributed by atoms with Crippen molar-refractivity contribution < 1.29 is 26.3 Å². The number of aromatic nitrogens is 1. The van der Waals surface area contributed by atoms with Crippen molar-refractivity contribution in [2.75, 3.05) is 0 Å². The number of alkyl halides is 6. The van der Waals surface area contributed by atoms with Crippen LogP contribution >= 0.6 is 34.8 Å². The highest BCUT2D eigenvalue weighted by atomic mass is 35.5. The molecular formula is C13H4Cl3F6N. The summed E-state index contributed by atoms with van der Waals surface area (Å²) in [4.78, 5) is 3.09. The van der Waals surface area contributed by atoms with E-state index in [1.165, 1.54) is 0 Å². The summed E-state index contributed by atoms with van der Waals surface area (Å²) in [7, 11) is 0. The molecule has 124 valence electrons. The van der Waals surface area contributed by atoms with Crippen LogP contribution < -0.4 is 0 Å². The second-order valence-electron chi connectivity index (χ2n) is 4.34. The summed E-state index contributed by atoms with van der Waals surface area (Å²) in [5.74, 6) is 0. The predicted molar refractivity (Wildman–Crippen MR) is 74.7 cm³/mol. The lowest BCUT2D eigenvalue weighted by molar-refractivity contribution is -0.144. The van der Waals surface area contributed by atoms with E-state index in [1.54, 1.807) is 0 Å². The van der Waals surface area contributed by atoms with E-state index in [9.17, 15) is 26.3 Å². The normalized spacial score (nSPS) is 12.6. The summed E-state index contributed by atoms with van der Waals surface area (Å²) in [6, 6.07) is 2.49. The number of hydrogen-bond acceptors (Lipinski definition) is 1. The van der Waals surface area contributed by atoms with Gasteiger partial charge in [0, 0.05) is 5.56 Å². The smallest absolute Gasteiger partial charge is 0.243 e. The van der Waals surface area contributed by atoms with Gasteiger partial charge in [-0.25, -0.2) is 4.98 Å². The van der Waals surface area contributed by atoms with E-state index in [0.717, 1.165) is 12.1 Å². The molecule has 1 aromatic heterocycles. The minimum atomic E-state index is -4.91. The van der Waals surface area contributed by atoms with Gasteiger partial charge in [-0.3, -0.25) is 0 Å². The van der Waals surface area contributed by atoms with Gasteiger partial charge in [0.2, 0.25) is 0 Å². The zero-order valence-electron chi connectivity index (χ0n) is 10.7. The topological polar surface area (TPSA) is 12.9 Å². The number of halogens is 9. The first kappa shape index (κ1) is 18.2. The van der Waals surface area contributed by atoms with Gasteiger partial charge in [0.25, 0.3) is 0 Å². The Morgan fingerprint density at radius 1 is 0.783 bits per heavy atom. The number of rotatable bonds is 1. The fourth-order valence-electron chi connectivity index (χ4n) is 1.76. The monoisotopic (exact) mass is 393 g/mol. The number of nitrogens with zero attached hydrogens (tertiary/aromatic N) is 1. The van der Waals surface area contributed by atoms with E-state index < -0.39 is 29.3 Å². The number of benzene rings is 1. The SMILES string of the molecule is FC(F)(F)c1ccc(C(F)(F)F)c(-c2cc(Cl)c(Cl)c(Cl)c2)n1. The Bertz CT molecular complexity index is 731. The molecule has 0 saturated carbocycles. The fourth-order valence-corrected chi connectivity index (χ4v) is 2.35. The summed E-state index contributed by atoms with van der Waals surface area (Å²) in [6.07, 6.45) is -9.82. The Labute approximate surface area is 140 Å². The van der Waals surface area contributed by atoms with Crippen molar-refractivity contribution in [1.82, 2.24) is 4.98 Å². The van der Waals surface area contributed by atoms with Crippen LogP contribution in [0.1, 0.15) is 11.3 Å². The minimum absolute atomic E-state index is 0.127. The quantitative estimate of drug-likeness (QED) is 0.385. The Balaban J connectivity index is 2.77. The second-order valence-corrected chi connectivity index (χ2v) is 5.53. The van der Waals surface area contributed by atoms with Crippen LogP contribution in [-0.2, 0) is 12.4 Å². The van der Waals surface area contributed by atoms with Crippen LogP contribution in [-0.4, -0.2) is 4.98 Å². The highest BCUT2D eigenvalue weighted by Crippen LogP contribution is 2.41. The Morgan fingerprint density at radius 2 is 1.30 bits per heavy atom. The van der Waals surface area contributed by atoms with Gasteiger partial charge < -0.3 is 0 Å². The highest BCUT2D eigenvalue weighted by molar-refractivity contribution is 6.48. The molecule has 10 heteroatoms. The fraction of sp³-hybridized carbons (Fsp3) is 0.154. The molecule has 0 radical (unpaired) electrons. The van der Waals surface area contributed by atoms with Crippen LogP contribution in [0.4, 0.5) is 26.3 Å². The summed E-state index contributed by atoms with van der Waals surface area (Å²) in [5.41, 5.74) is -4.08. The Hall–Kier alpha value is -1.18. The van der Waals surface area contributed by atoms with Gasteiger partial charge in [-0.05, 0) is 24.3 Å². The summed E-state index contributed by atoms with van der Waals surface area (Å²) in [6.45, 7) is 0. The van der Waals surface area contributed by atoms with Crippen LogP contribution in [0.2, 0.25) is 15.1 Å². The third kappa shape index (κ3) is 3.84. The van der Waals surface area contributed by atoms with Crippen molar-refractivity contribution in [3.8, 4) is 11.3 Å². The molecule has 0 bridgehead atoms. The van der Waals surface area contributed by atoms with E-state index in [4.69, 9.17) is 34.8 Å². The summed E-state index contributed by atoms with van der Waals surface area (Å²) in [5, 5.41) is -0.541. The molecule has 1 heterocycles. The van der Waals surface area contributed by atoms with Crippen molar-refractivity contribution in [3.63, 3.8) is 0 Å². The average molecular weight is 395 g/mol. The lowest BCUT2D eigenvalue weighted by Gasteiger charge is -2.15. The lowest BCUT2D eigenvalue weighted by Crippen LogP contribution is -2.14. The van der Waals surface area contributed by atoms with Crippen LogP contribution in [0.15, 0.2) is 24.3 Å². The number of pyridine rings is 1. The summed E-state index contributed by atoms with van der Waals surface area (Å²) < 4.78 is 77.2. The van der Waals surface area contributed by atoms with Crippen LogP contribution in [0.25, 0.3) is 11.3 Å². The zero-order chi connectivity index (χ0) is 17.6. The van der Waals surface area contributed by atoms with Crippen molar-refractivity contribution in [2.24, 2.45) is 0 Å². The zero-order valence-corrected chi connectivity index (χ0v) is 12.9. The Morgan fingerprint density at radius 3 is 1.74 bits per heavy atom. The molecule has 0 saturated heterocycles. The molecule has 0 fully saturated rings. The molecule has 1 aromatic carbocycles. The molecule has 2 aromatic rings. The van der Waals surface area contributed by atoms with Gasteiger partial charge in [-0.1, -0.05) is 34.8 Å². The van der Waals surface area contributed by atoms with Gasteiger partial charge in [0.05, 0.1) is 26.3 Å². The average Bonchev–Trinajstić information content (AvgIpc) is 2.41. The molecule has 0 N–H and O–H groups in total. The van der Waals surface area contributed by atoms with Crippen LogP contribution in [0.5, 0.6) is 0 Å². The summed E-state index contributed by atoms with van der Waals surface area (Å²) >= 11 is 17.1. The van der Waals surface area contributed by atoms with Gasteiger partial charge in [0.1, 0.15) is 5.69 Å². The van der Waals surface area contributed by atoms with E-state index in [-0.39, 0.29) is 26.7 Å². The van der Waals surface area contributed by atoms with Crippen molar-refractivity contribution in [3.05, 3.63) is 50.6 Å². The van der Waals surface area contributed by atoms with Gasteiger partial charge in [-0.2, -0.15) is 26.3 Å². The molecule has 0 atom stereocenters. The predicted octanol–water partition coefficient (Wildman–Crippen LogP) is 6.75.